The van der Waals surface area contributed by atoms with Gasteiger partial charge in [0.05, 0.1) is 0 Å². The number of alkyl halides is 6. The van der Waals surface area contributed by atoms with Gasteiger partial charge in [-0.25, -0.2) is 0 Å². The minimum absolute atomic E-state index is 0.0192. The molecule has 3 nitrogen and oxygen atoms in total. The molecule has 2 atom stereocenters. The molecule has 0 aromatic heterocycles. The van der Waals surface area contributed by atoms with Crippen molar-refractivity contribution in [2.45, 2.75) is 38.0 Å². The Morgan fingerprint density at radius 3 is 2.00 bits per heavy atom. The predicted octanol–water partition coefficient (Wildman–Crippen LogP) is 5.79. The molecule has 158 valence electrons. The fourth-order valence-corrected chi connectivity index (χ4v) is 3.90. The third kappa shape index (κ3) is 3.75. The summed E-state index contributed by atoms with van der Waals surface area (Å²) in [4.78, 5) is -1.42. The second-order valence-corrected chi connectivity index (χ2v) is 6.88. The van der Waals surface area contributed by atoms with Gasteiger partial charge in [-0.15, -0.1) is 4.90 Å². The van der Waals surface area contributed by atoms with E-state index in [2.05, 4.69) is 0 Å². The first-order valence-electron chi connectivity index (χ1n) is 9.00. The molecule has 2 unspecified atom stereocenters. The summed E-state index contributed by atoms with van der Waals surface area (Å²) in [5.74, 6) is -1.12. The van der Waals surface area contributed by atoms with E-state index in [0.29, 0.717) is 17.7 Å². The predicted molar refractivity (Wildman–Crippen MR) is 93.2 cm³/mol. The van der Waals surface area contributed by atoms with Gasteiger partial charge in [0.25, 0.3) is 0 Å². The Morgan fingerprint density at radius 2 is 1.48 bits per heavy atom. The van der Waals surface area contributed by atoms with Crippen LogP contribution in [0.15, 0.2) is 48.5 Å². The third-order valence-electron chi connectivity index (χ3n) is 5.09. The van der Waals surface area contributed by atoms with E-state index in [9.17, 15) is 31.4 Å². The van der Waals surface area contributed by atoms with Crippen molar-refractivity contribution in [1.29, 1.82) is 0 Å². The number of para-hydroxylation sites is 2. The third-order valence-corrected chi connectivity index (χ3v) is 5.09. The number of hydrogen-bond donors (Lipinski definition) is 1. The maximum atomic E-state index is 13.2. The van der Waals surface area contributed by atoms with Crippen molar-refractivity contribution in [3.05, 3.63) is 59.7 Å². The Hall–Kier alpha value is -2.42. The van der Waals surface area contributed by atoms with Crippen LogP contribution in [-0.2, 0) is 5.60 Å². The summed E-state index contributed by atoms with van der Waals surface area (Å²) in [6, 6.07) is 12.3. The van der Waals surface area contributed by atoms with Crippen LogP contribution in [0.1, 0.15) is 30.9 Å². The summed E-state index contributed by atoms with van der Waals surface area (Å²) < 4.78 is 85.2. The molecule has 0 radical (unpaired) electrons. The van der Waals surface area contributed by atoms with E-state index >= 15 is 0 Å². The largest absolute Gasteiger partial charge is 0.508 e. The van der Waals surface area contributed by atoms with Gasteiger partial charge in [0.15, 0.2) is 5.60 Å². The molecular weight excluding hydrogens is 400 g/mol. The topological polar surface area (TPSA) is 32.7 Å². The highest BCUT2D eigenvalue weighted by Crippen LogP contribution is 2.56. The number of fused-ring (bicyclic) bond motifs is 1. The summed E-state index contributed by atoms with van der Waals surface area (Å²) in [7, 11) is 0. The number of halogens is 6. The number of aromatic hydroxyl groups is 1. The van der Waals surface area contributed by atoms with E-state index in [1.807, 2.05) is 0 Å². The van der Waals surface area contributed by atoms with Crippen molar-refractivity contribution in [1.82, 2.24) is 4.90 Å². The van der Waals surface area contributed by atoms with Gasteiger partial charge < -0.3 is 9.84 Å². The molecule has 29 heavy (non-hydrogen) atoms. The van der Waals surface area contributed by atoms with Gasteiger partial charge in [-0.05, 0) is 18.6 Å². The van der Waals surface area contributed by atoms with Crippen LogP contribution in [0.3, 0.4) is 0 Å². The van der Waals surface area contributed by atoms with Crippen LogP contribution in [0, 0.1) is 5.92 Å². The highest BCUT2D eigenvalue weighted by atomic mass is 19.4. The van der Waals surface area contributed by atoms with E-state index in [1.165, 1.54) is 18.2 Å². The quantitative estimate of drug-likeness (QED) is 0.476. The van der Waals surface area contributed by atoms with E-state index in [0.717, 1.165) is 0 Å². The molecule has 0 saturated carbocycles. The molecule has 0 saturated heterocycles. The van der Waals surface area contributed by atoms with Gasteiger partial charge in [0.2, 0.25) is 0 Å². The molecule has 0 bridgehead atoms. The van der Waals surface area contributed by atoms with Crippen LogP contribution in [0.25, 0.3) is 0 Å². The molecule has 0 aliphatic carbocycles. The first-order valence-corrected chi connectivity index (χ1v) is 9.00. The van der Waals surface area contributed by atoms with Crippen molar-refractivity contribution >= 4 is 0 Å². The standard InChI is InChI=1S/C20H19F6NO2/c1-2-7-13(12-27(19(21,22)23)20(24,25)26)18(14-8-3-5-10-16(14)28)15-9-4-6-11-17(15)29-18/h3-6,8-11,13,28H,2,7,12H2,1H3. The lowest BCUT2D eigenvalue weighted by Crippen LogP contribution is -2.57. The number of hydrogen-bond acceptors (Lipinski definition) is 3. The molecule has 1 N–H and O–H groups in total. The molecule has 0 amide bonds. The van der Waals surface area contributed by atoms with E-state index in [4.69, 9.17) is 4.74 Å². The van der Waals surface area contributed by atoms with Gasteiger partial charge in [-0.3, -0.25) is 0 Å². The van der Waals surface area contributed by atoms with E-state index in [1.54, 1.807) is 37.3 Å². The lowest BCUT2D eigenvalue weighted by Gasteiger charge is -2.50. The maximum Gasteiger partial charge on any atom is 0.467 e. The van der Waals surface area contributed by atoms with Gasteiger partial charge >= 0.3 is 12.6 Å². The molecule has 0 fully saturated rings. The molecule has 1 aliphatic heterocycles. The van der Waals surface area contributed by atoms with Gasteiger partial charge in [0.1, 0.15) is 11.5 Å². The smallest absolute Gasteiger partial charge is 0.467 e. The van der Waals surface area contributed by atoms with Crippen LogP contribution in [0.2, 0.25) is 0 Å². The second kappa shape index (κ2) is 7.44. The number of phenols is 1. The Bertz CT molecular complexity index is 853. The summed E-state index contributed by atoms with van der Waals surface area (Å²) in [6.07, 6.45) is -10.9. The Balaban J connectivity index is 2.14. The average Bonchev–Trinajstić information content (AvgIpc) is 2.59. The first kappa shape index (κ1) is 21.3. The van der Waals surface area contributed by atoms with Crippen LogP contribution in [0.4, 0.5) is 26.3 Å². The highest BCUT2D eigenvalue weighted by molar-refractivity contribution is 5.56. The Kier molecular flexibility index (Phi) is 5.46. The van der Waals surface area contributed by atoms with Crippen molar-refractivity contribution in [2.24, 2.45) is 5.92 Å². The fraction of sp³-hybridized carbons (Fsp3) is 0.400. The minimum Gasteiger partial charge on any atom is -0.508 e. The van der Waals surface area contributed by atoms with Crippen molar-refractivity contribution in [2.75, 3.05) is 6.54 Å². The van der Waals surface area contributed by atoms with Crippen LogP contribution < -0.4 is 4.74 Å². The SMILES string of the molecule is CCCC(CN(C(F)(F)F)C(F)(F)F)C1(c2ccccc2O)Oc2ccccc21. The lowest BCUT2D eigenvalue weighted by molar-refractivity contribution is -0.377. The Morgan fingerprint density at radius 1 is 0.931 bits per heavy atom. The molecule has 3 rings (SSSR count). The second-order valence-electron chi connectivity index (χ2n) is 6.88. The summed E-state index contributed by atoms with van der Waals surface area (Å²) in [5, 5.41) is 10.4. The number of benzene rings is 2. The summed E-state index contributed by atoms with van der Waals surface area (Å²) in [6.45, 7) is 0.311. The monoisotopic (exact) mass is 419 g/mol. The zero-order chi connectivity index (χ0) is 21.4. The molecular formula is C20H19F6NO2. The number of ether oxygens (including phenoxy) is 1. The average molecular weight is 419 g/mol. The van der Waals surface area contributed by atoms with Gasteiger partial charge in [-0.2, -0.15) is 26.3 Å². The van der Waals surface area contributed by atoms with Crippen molar-refractivity contribution in [3.63, 3.8) is 0 Å². The van der Waals surface area contributed by atoms with Crippen LogP contribution >= 0.6 is 0 Å². The highest BCUT2D eigenvalue weighted by Gasteiger charge is 2.59. The van der Waals surface area contributed by atoms with Gasteiger partial charge in [0, 0.05) is 23.6 Å². The normalized spacial score (nSPS) is 20.0. The number of phenolic OH excluding ortho intramolecular Hbond substituents is 1. The molecule has 0 spiro atoms. The van der Waals surface area contributed by atoms with Gasteiger partial charge in [-0.1, -0.05) is 49.7 Å². The van der Waals surface area contributed by atoms with Crippen molar-refractivity contribution < 1.29 is 36.2 Å². The maximum absolute atomic E-state index is 13.2. The molecule has 1 aliphatic rings. The zero-order valence-electron chi connectivity index (χ0n) is 15.4. The lowest BCUT2D eigenvalue weighted by atomic mass is 9.70. The molecule has 2 aromatic carbocycles. The van der Waals surface area contributed by atoms with E-state index in [-0.39, 0.29) is 17.7 Å². The minimum atomic E-state index is -5.60. The zero-order valence-corrected chi connectivity index (χ0v) is 15.4. The number of rotatable bonds is 6. The molecule has 9 heteroatoms. The van der Waals surface area contributed by atoms with Crippen LogP contribution in [0.5, 0.6) is 11.5 Å². The summed E-state index contributed by atoms with van der Waals surface area (Å²) >= 11 is 0. The van der Waals surface area contributed by atoms with E-state index < -0.39 is 35.6 Å². The molecule has 2 aromatic rings. The summed E-state index contributed by atoms with van der Waals surface area (Å²) in [5.41, 5.74) is -1.03. The number of nitrogens with zero attached hydrogens (tertiary/aromatic N) is 1. The first-order chi connectivity index (χ1) is 13.5. The Labute approximate surface area is 163 Å². The molecule has 1 heterocycles. The fourth-order valence-electron chi connectivity index (χ4n) is 3.90. The van der Waals surface area contributed by atoms with Crippen molar-refractivity contribution in [3.8, 4) is 11.5 Å². The van der Waals surface area contributed by atoms with Crippen LogP contribution in [-0.4, -0.2) is 29.2 Å².